The maximum atomic E-state index is 11.9. The van der Waals surface area contributed by atoms with E-state index >= 15 is 0 Å². The van der Waals surface area contributed by atoms with E-state index in [-0.39, 0.29) is 11.3 Å². The first-order chi connectivity index (χ1) is 15.0. The number of carboxylic acid groups (broad SMARTS) is 1. The Bertz CT molecular complexity index is 1150. The van der Waals surface area contributed by atoms with Crippen LogP contribution in [0.25, 0.3) is 10.9 Å². The normalized spacial score (nSPS) is 10.8. The van der Waals surface area contributed by atoms with Crippen LogP contribution in [0.3, 0.4) is 0 Å². The minimum Gasteiger partial charge on any atom is -0.504 e. The fourth-order valence-corrected chi connectivity index (χ4v) is 2.78. The number of aromatic hydroxyl groups is 1. The number of carbonyl (C=O) groups excluding carboxylic acids is 1. The Morgan fingerprint density at radius 3 is 2.38 bits per heavy atom. The predicted molar refractivity (Wildman–Crippen MR) is 111 cm³/mol. The number of nitrogens with one attached hydrogen (secondary N) is 1. The molecule has 2 aromatic carbocycles. The van der Waals surface area contributed by atoms with Crippen LogP contribution in [-0.4, -0.2) is 40.4 Å². The highest BCUT2D eigenvalue weighted by atomic mass is 19.4. The van der Waals surface area contributed by atoms with Gasteiger partial charge in [0.15, 0.2) is 11.5 Å². The molecule has 0 aliphatic heterocycles. The van der Waals surface area contributed by atoms with Crippen LogP contribution in [0.15, 0.2) is 42.6 Å². The van der Waals surface area contributed by atoms with Crippen LogP contribution in [0, 0.1) is 0 Å². The van der Waals surface area contributed by atoms with Gasteiger partial charge in [-0.3, -0.25) is 9.78 Å². The number of alkyl halides is 3. The number of nitrogens with two attached hydrogens (primary N) is 1. The van der Waals surface area contributed by atoms with Gasteiger partial charge in [-0.25, -0.2) is 4.79 Å². The number of para-hydroxylation sites is 1. The molecule has 11 heteroatoms. The van der Waals surface area contributed by atoms with Crippen LogP contribution in [-0.2, 0) is 11.2 Å². The van der Waals surface area contributed by atoms with Crippen molar-refractivity contribution in [2.24, 2.45) is 5.73 Å². The summed E-state index contributed by atoms with van der Waals surface area (Å²) in [5.74, 6) is -3.08. The van der Waals surface area contributed by atoms with E-state index in [1.807, 2.05) is 24.3 Å². The Kier molecular flexibility index (Phi) is 7.47. The van der Waals surface area contributed by atoms with Crippen LogP contribution in [0.4, 0.5) is 24.5 Å². The lowest BCUT2D eigenvalue weighted by Gasteiger charge is -2.16. The van der Waals surface area contributed by atoms with E-state index in [0.29, 0.717) is 22.3 Å². The van der Waals surface area contributed by atoms with E-state index in [9.17, 15) is 23.1 Å². The molecule has 0 radical (unpaired) electrons. The lowest BCUT2D eigenvalue weighted by molar-refractivity contribution is -0.192. The average molecular weight is 451 g/mol. The summed E-state index contributed by atoms with van der Waals surface area (Å²) in [6.07, 6.45) is -2.82. The van der Waals surface area contributed by atoms with Crippen molar-refractivity contribution in [2.45, 2.75) is 19.5 Å². The van der Waals surface area contributed by atoms with Gasteiger partial charge in [0, 0.05) is 23.3 Å². The standard InChI is InChI=1S/C19H19N3O3.C2HF3O2/c1-3-11-6-4-5-7-14(11)22-18-12-8-16(23)17(25-2)9-15(12)21-10-13(18)19(20)24;3-2(4,5)1(6)7/h4-10,23H,3H2,1-2H3,(H2,20,24)(H,21,22);(H,6,7). The summed E-state index contributed by atoms with van der Waals surface area (Å²) < 4.78 is 36.9. The molecule has 8 nitrogen and oxygen atoms in total. The van der Waals surface area contributed by atoms with Crippen molar-refractivity contribution in [1.82, 2.24) is 4.98 Å². The maximum absolute atomic E-state index is 11.9. The Morgan fingerprint density at radius 1 is 1.22 bits per heavy atom. The fourth-order valence-electron chi connectivity index (χ4n) is 2.78. The second-order valence-corrected chi connectivity index (χ2v) is 6.39. The quantitative estimate of drug-likeness (QED) is 0.461. The summed E-state index contributed by atoms with van der Waals surface area (Å²) in [7, 11) is 1.47. The van der Waals surface area contributed by atoms with Gasteiger partial charge in [-0.05, 0) is 24.1 Å². The predicted octanol–water partition coefficient (Wildman–Crippen LogP) is 3.99. The fraction of sp³-hybridized carbons (Fsp3) is 0.190. The van der Waals surface area contributed by atoms with Gasteiger partial charge in [0.1, 0.15) is 0 Å². The molecule has 1 amide bonds. The molecule has 0 spiro atoms. The number of hydrogen-bond donors (Lipinski definition) is 4. The van der Waals surface area contributed by atoms with Crippen molar-refractivity contribution < 1.29 is 37.7 Å². The summed E-state index contributed by atoms with van der Waals surface area (Å²) in [6, 6.07) is 10.9. The number of carboxylic acids is 1. The van der Waals surface area contributed by atoms with Gasteiger partial charge in [-0.15, -0.1) is 0 Å². The number of rotatable bonds is 5. The molecule has 0 fully saturated rings. The summed E-state index contributed by atoms with van der Waals surface area (Å²) in [5.41, 5.74) is 8.83. The summed E-state index contributed by atoms with van der Waals surface area (Å²) >= 11 is 0. The van der Waals surface area contributed by atoms with Gasteiger partial charge in [0.2, 0.25) is 0 Å². The number of primary amides is 1. The zero-order valence-corrected chi connectivity index (χ0v) is 17.0. The zero-order chi connectivity index (χ0) is 24.1. The Hall–Kier alpha value is -4.02. The van der Waals surface area contributed by atoms with Crippen molar-refractivity contribution in [3.05, 3.63) is 53.7 Å². The molecule has 0 saturated heterocycles. The maximum Gasteiger partial charge on any atom is 0.490 e. The number of amides is 1. The number of pyridine rings is 1. The molecule has 0 bridgehead atoms. The molecule has 0 atom stereocenters. The number of aryl methyl sites for hydroxylation is 1. The third kappa shape index (κ3) is 5.56. The Morgan fingerprint density at radius 2 is 1.84 bits per heavy atom. The van der Waals surface area contributed by atoms with Crippen molar-refractivity contribution in [1.29, 1.82) is 0 Å². The van der Waals surface area contributed by atoms with Crippen LogP contribution in [0.5, 0.6) is 11.5 Å². The Labute approximate surface area is 180 Å². The Balaban J connectivity index is 0.000000451. The minimum atomic E-state index is -5.08. The highest BCUT2D eigenvalue weighted by molar-refractivity contribution is 6.08. The number of nitrogens with zero attached hydrogens (tertiary/aromatic N) is 1. The number of fused-ring (bicyclic) bond motifs is 1. The minimum absolute atomic E-state index is 0.0368. The molecule has 3 rings (SSSR count). The third-order valence-corrected chi connectivity index (χ3v) is 4.33. The lowest BCUT2D eigenvalue weighted by atomic mass is 10.1. The molecular formula is C21H20F3N3O5. The van der Waals surface area contributed by atoms with Gasteiger partial charge in [-0.2, -0.15) is 13.2 Å². The SMILES string of the molecule is CCc1ccccc1Nc1c(C(N)=O)cnc2cc(OC)c(O)cc12.O=C(O)C(F)(F)F. The van der Waals surface area contributed by atoms with E-state index in [1.165, 1.54) is 19.4 Å². The molecule has 1 heterocycles. The number of phenolic OH excluding ortho intramolecular Hbond substituents is 1. The number of phenols is 1. The number of anilines is 2. The molecule has 0 saturated carbocycles. The van der Waals surface area contributed by atoms with Gasteiger partial charge in [0.05, 0.1) is 23.9 Å². The van der Waals surface area contributed by atoms with E-state index in [4.69, 9.17) is 20.4 Å². The van der Waals surface area contributed by atoms with Crippen molar-refractivity contribution in [3.63, 3.8) is 0 Å². The molecule has 32 heavy (non-hydrogen) atoms. The van der Waals surface area contributed by atoms with Gasteiger partial charge >= 0.3 is 12.1 Å². The highest BCUT2D eigenvalue weighted by Gasteiger charge is 2.38. The van der Waals surface area contributed by atoms with Crippen molar-refractivity contribution >= 4 is 34.2 Å². The van der Waals surface area contributed by atoms with E-state index in [2.05, 4.69) is 17.2 Å². The monoisotopic (exact) mass is 451 g/mol. The molecule has 0 aliphatic carbocycles. The zero-order valence-electron chi connectivity index (χ0n) is 17.0. The second-order valence-electron chi connectivity index (χ2n) is 6.39. The molecule has 1 aromatic heterocycles. The largest absolute Gasteiger partial charge is 0.504 e. The molecule has 170 valence electrons. The summed E-state index contributed by atoms with van der Waals surface area (Å²) in [5, 5.41) is 21.1. The number of hydrogen-bond acceptors (Lipinski definition) is 6. The van der Waals surface area contributed by atoms with Crippen molar-refractivity contribution in [2.75, 3.05) is 12.4 Å². The van der Waals surface area contributed by atoms with Gasteiger partial charge in [-0.1, -0.05) is 25.1 Å². The van der Waals surface area contributed by atoms with Gasteiger partial charge in [0.25, 0.3) is 5.91 Å². The number of carbonyl (C=O) groups is 2. The van der Waals surface area contributed by atoms with Gasteiger partial charge < -0.3 is 26.0 Å². The number of ether oxygens (including phenoxy) is 1. The average Bonchev–Trinajstić information content (AvgIpc) is 2.73. The molecule has 5 N–H and O–H groups in total. The third-order valence-electron chi connectivity index (χ3n) is 4.33. The molecular weight excluding hydrogens is 431 g/mol. The topological polar surface area (TPSA) is 135 Å². The van der Waals surface area contributed by atoms with Crippen molar-refractivity contribution in [3.8, 4) is 11.5 Å². The van der Waals surface area contributed by atoms with Crippen LogP contribution >= 0.6 is 0 Å². The summed E-state index contributed by atoms with van der Waals surface area (Å²) in [6.45, 7) is 2.05. The molecule has 0 aliphatic rings. The molecule has 0 unspecified atom stereocenters. The second kappa shape index (κ2) is 9.86. The summed E-state index contributed by atoms with van der Waals surface area (Å²) in [4.78, 5) is 25.0. The van der Waals surface area contributed by atoms with E-state index in [1.54, 1.807) is 6.07 Å². The number of methoxy groups -OCH3 is 1. The number of benzene rings is 2. The lowest BCUT2D eigenvalue weighted by Crippen LogP contribution is -2.21. The first-order valence-corrected chi connectivity index (χ1v) is 9.14. The van der Waals surface area contributed by atoms with E-state index < -0.39 is 18.1 Å². The first-order valence-electron chi connectivity index (χ1n) is 9.14. The molecule has 3 aromatic rings. The smallest absolute Gasteiger partial charge is 0.490 e. The van der Waals surface area contributed by atoms with Crippen LogP contribution in [0.2, 0.25) is 0 Å². The number of aromatic nitrogens is 1. The highest BCUT2D eigenvalue weighted by Crippen LogP contribution is 2.36. The number of aliphatic carboxylic acids is 1. The number of halogens is 3. The first kappa shape index (κ1) is 24.3. The van der Waals surface area contributed by atoms with Crippen LogP contribution < -0.4 is 15.8 Å². The van der Waals surface area contributed by atoms with E-state index in [0.717, 1.165) is 17.7 Å². The van der Waals surface area contributed by atoms with Crippen LogP contribution in [0.1, 0.15) is 22.8 Å².